The van der Waals surface area contributed by atoms with Crippen LogP contribution in [0, 0.1) is 0 Å². The summed E-state index contributed by atoms with van der Waals surface area (Å²) in [6.45, 7) is 5.31. The Bertz CT molecular complexity index is 336. The van der Waals surface area contributed by atoms with Crippen molar-refractivity contribution < 1.29 is 4.79 Å². The first kappa shape index (κ1) is 11.1. The molecular formula is C11H18N4O. The predicted molar refractivity (Wildman–Crippen MR) is 61.2 cm³/mol. The van der Waals surface area contributed by atoms with Gasteiger partial charge in [-0.05, 0) is 25.9 Å². The number of aromatic nitrogens is 2. The second-order valence-electron chi connectivity index (χ2n) is 4.19. The van der Waals surface area contributed by atoms with Gasteiger partial charge in [0.1, 0.15) is 0 Å². The number of aromatic amines is 1. The van der Waals surface area contributed by atoms with Crippen molar-refractivity contribution in [2.75, 3.05) is 19.6 Å². The molecule has 0 aliphatic carbocycles. The summed E-state index contributed by atoms with van der Waals surface area (Å²) in [5.74, 6) is -0.0308. The van der Waals surface area contributed by atoms with Crippen molar-refractivity contribution in [3.63, 3.8) is 0 Å². The van der Waals surface area contributed by atoms with Crippen LogP contribution in [0.4, 0.5) is 0 Å². The van der Waals surface area contributed by atoms with Crippen LogP contribution in [0.3, 0.4) is 0 Å². The summed E-state index contributed by atoms with van der Waals surface area (Å²) in [7, 11) is 0. The molecule has 0 spiro atoms. The Morgan fingerprint density at radius 3 is 3.31 bits per heavy atom. The van der Waals surface area contributed by atoms with E-state index in [0.717, 1.165) is 32.5 Å². The van der Waals surface area contributed by atoms with Crippen molar-refractivity contribution in [2.45, 2.75) is 25.8 Å². The molecular weight excluding hydrogens is 204 g/mol. The standard InChI is InChI=1S/C11H18N4O/c1-2-15-5-3-4-10(8-15)14-11(16)9-6-12-13-7-9/h6-7,10H,2-5,8H2,1H3,(H,12,13)(H,14,16). The lowest BCUT2D eigenvalue weighted by Crippen LogP contribution is -2.47. The molecule has 1 aromatic rings. The van der Waals surface area contributed by atoms with Crippen LogP contribution in [0.1, 0.15) is 30.1 Å². The molecule has 1 amide bonds. The lowest BCUT2D eigenvalue weighted by Gasteiger charge is -2.32. The summed E-state index contributed by atoms with van der Waals surface area (Å²) in [5.41, 5.74) is 0.605. The molecule has 0 radical (unpaired) electrons. The van der Waals surface area contributed by atoms with Crippen LogP contribution in [0.5, 0.6) is 0 Å². The number of nitrogens with one attached hydrogen (secondary N) is 2. The SMILES string of the molecule is CCN1CCCC(NC(=O)c2cn[nH]c2)C1. The normalized spacial score (nSPS) is 21.9. The van der Waals surface area contributed by atoms with Gasteiger partial charge in [-0.1, -0.05) is 6.92 Å². The van der Waals surface area contributed by atoms with E-state index in [4.69, 9.17) is 0 Å². The van der Waals surface area contributed by atoms with Crippen LogP contribution >= 0.6 is 0 Å². The van der Waals surface area contributed by atoms with Crippen LogP contribution in [-0.2, 0) is 0 Å². The van der Waals surface area contributed by atoms with Crippen LogP contribution in [0.2, 0.25) is 0 Å². The molecule has 2 heterocycles. The maximum atomic E-state index is 11.8. The van der Waals surface area contributed by atoms with Crippen LogP contribution in [-0.4, -0.2) is 46.7 Å². The maximum absolute atomic E-state index is 11.8. The van der Waals surface area contributed by atoms with Gasteiger partial charge < -0.3 is 10.2 Å². The summed E-state index contributed by atoms with van der Waals surface area (Å²) in [6, 6.07) is 0.274. The number of carbonyl (C=O) groups excluding carboxylic acids is 1. The van der Waals surface area contributed by atoms with Gasteiger partial charge in [-0.15, -0.1) is 0 Å². The lowest BCUT2D eigenvalue weighted by molar-refractivity contribution is 0.0906. The molecule has 1 saturated heterocycles. The Kier molecular flexibility index (Phi) is 3.56. The predicted octanol–water partition coefficient (Wildman–Crippen LogP) is 0.624. The number of nitrogens with zero attached hydrogens (tertiary/aromatic N) is 2. The van der Waals surface area contributed by atoms with E-state index in [1.54, 1.807) is 12.4 Å². The van der Waals surface area contributed by atoms with Crippen LogP contribution < -0.4 is 5.32 Å². The molecule has 1 aliphatic rings. The first-order valence-corrected chi connectivity index (χ1v) is 5.81. The second kappa shape index (κ2) is 5.12. The Balaban J connectivity index is 1.87. The van der Waals surface area contributed by atoms with Crippen molar-refractivity contribution in [2.24, 2.45) is 0 Å². The number of piperidine rings is 1. The summed E-state index contributed by atoms with van der Waals surface area (Å²) in [4.78, 5) is 14.1. The van der Waals surface area contributed by atoms with Gasteiger partial charge in [-0.25, -0.2) is 0 Å². The van der Waals surface area contributed by atoms with E-state index in [1.165, 1.54) is 0 Å². The minimum absolute atomic E-state index is 0.0308. The molecule has 2 rings (SSSR count). The van der Waals surface area contributed by atoms with Crippen molar-refractivity contribution in [1.29, 1.82) is 0 Å². The van der Waals surface area contributed by atoms with E-state index in [-0.39, 0.29) is 11.9 Å². The van der Waals surface area contributed by atoms with Gasteiger partial charge in [0.25, 0.3) is 5.91 Å². The topological polar surface area (TPSA) is 61.0 Å². The zero-order valence-corrected chi connectivity index (χ0v) is 9.57. The molecule has 5 heteroatoms. The number of amides is 1. The van der Waals surface area contributed by atoms with E-state index in [0.29, 0.717) is 5.56 Å². The zero-order chi connectivity index (χ0) is 11.4. The molecule has 5 nitrogen and oxygen atoms in total. The quantitative estimate of drug-likeness (QED) is 0.788. The van der Waals surface area contributed by atoms with Crippen molar-refractivity contribution in [1.82, 2.24) is 20.4 Å². The van der Waals surface area contributed by atoms with E-state index in [9.17, 15) is 4.79 Å². The minimum Gasteiger partial charge on any atom is -0.348 e. The summed E-state index contributed by atoms with van der Waals surface area (Å²) >= 11 is 0. The summed E-state index contributed by atoms with van der Waals surface area (Å²) in [6.07, 6.45) is 5.40. The number of H-pyrrole nitrogens is 1. The molecule has 16 heavy (non-hydrogen) atoms. The van der Waals surface area contributed by atoms with Gasteiger partial charge in [-0.2, -0.15) is 5.10 Å². The maximum Gasteiger partial charge on any atom is 0.254 e. The molecule has 0 aromatic carbocycles. The molecule has 1 aliphatic heterocycles. The van der Waals surface area contributed by atoms with Crippen LogP contribution in [0.25, 0.3) is 0 Å². The first-order chi connectivity index (χ1) is 7.79. The average molecular weight is 222 g/mol. The highest BCUT2D eigenvalue weighted by Crippen LogP contribution is 2.10. The molecule has 88 valence electrons. The fraction of sp³-hybridized carbons (Fsp3) is 0.636. The number of hydrogen-bond acceptors (Lipinski definition) is 3. The number of rotatable bonds is 3. The van der Waals surface area contributed by atoms with Crippen molar-refractivity contribution >= 4 is 5.91 Å². The molecule has 0 bridgehead atoms. The third-order valence-corrected chi connectivity index (χ3v) is 3.05. The third kappa shape index (κ3) is 2.61. The number of hydrogen-bond donors (Lipinski definition) is 2. The molecule has 1 aromatic heterocycles. The molecule has 1 atom stereocenters. The van der Waals surface area contributed by atoms with E-state index >= 15 is 0 Å². The second-order valence-corrected chi connectivity index (χ2v) is 4.19. The monoisotopic (exact) mass is 222 g/mol. The van der Waals surface area contributed by atoms with Crippen molar-refractivity contribution in [3.05, 3.63) is 18.0 Å². The number of likely N-dealkylation sites (tertiary alicyclic amines) is 1. The summed E-state index contributed by atoms with van der Waals surface area (Å²) in [5, 5.41) is 9.46. The lowest BCUT2D eigenvalue weighted by atomic mass is 10.1. The fourth-order valence-corrected chi connectivity index (χ4v) is 2.10. The van der Waals surface area contributed by atoms with Gasteiger partial charge in [0.2, 0.25) is 0 Å². The smallest absolute Gasteiger partial charge is 0.254 e. The van der Waals surface area contributed by atoms with Crippen LogP contribution in [0.15, 0.2) is 12.4 Å². The molecule has 0 saturated carbocycles. The number of carbonyl (C=O) groups is 1. The highest BCUT2D eigenvalue weighted by atomic mass is 16.1. The Labute approximate surface area is 95.2 Å². The van der Waals surface area contributed by atoms with Gasteiger partial charge in [0.15, 0.2) is 0 Å². The molecule has 1 fully saturated rings. The first-order valence-electron chi connectivity index (χ1n) is 5.81. The molecule has 2 N–H and O–H groups in total. The highest BCUT2D eigenvalue weighted by Gasteiger charge is 2.20. The van der Waals surface area contributed by atoms with Gasteiger partial charge >= 0.3 is 0 Å². The van der Waals surface area contributed by atoms with Gasteiger partial charge in [-0.3, -0.25) is 9.89 Å². The number of likely N-dealkylation sites (N-methyl/N-ethyl adjacent to an activating group) is 1. The van der Waals surface area contributed by atoms with Gasteiger partial charge in [0.05, 0.1) is 11.8 Å². The fourth-order valence-electron chi connectivity index (χ4n) is 2.10. The Morgan fingerprint density at radius 1 is 1.75 bits per heavy atom. The third-order valence-electron chi connectivity index (χ3n) is 3.05. The Hall–Kier alpha value is -1.36. The highest BCUT2D eigenvalue weighted by molar-refractivity contribution is 5.93. The van der Waals surface area contributed by atoms with E-state index in [2.05, 4.69) is 27.3 Å². The van der Waals surface area contributed by atoms with Gasteiger partial charge in [0, 0.05) is 18.8 Å². The average Bonchev–Trinajstić information content (AvgIpc) is 2.83. The minimum atomic E-state index is -0.0308. The zero-order valence-electron chi connectivity index (χ0n) is 9.57. The molecule has 1 unspecified atom stereocenters. The van der Waals surface area contributed by atoms with Crippen molar-refractivity contribution in [3.8, 4) is 0 Å². The summed E-state index contributed by atoms with van der Waals surface area (Å²) < 4.78 is 0. The largest absolute Gasteiger partial charge is 0.348 e. The van der Waals surface area contributed by atoms with E-state index in [1.807, 2.05) is 0 Å². The Morgan fingerprint density at radius 2 is 2.62 bits per heavy atom. The van der Waals surface area contributed by atoms with E-state index < -0.39 is 0 Å².